The van der Waals surface area contributed by atoms with Gasteiger partial charge in [-0.2, -0.15) is 52.7 Å². The number of esters is 2. The maximum atomic E-state index is 14.9. The lowest BCUT2D eigenvalue weighted by Crippen LogP contribution is -3.10. The van der Waals surface area contributed by atoms with Gasteiger partial charge in [0.05, 0.1) is 0 Å². The summed E-state index contributed by atoms with van der Waals surface area (Å²) in [6, 6.07) is 0. The van der Waals surface area contributed by atoms with Crippen LogP contribution in [0, 0.1) is 0 Å². The highest BCUT2D eigenvalue weighted by molar-refractivity contribution is 5.88. The van der Waals surface area contributed by atoms with E-state index in [0.29, 0.717) is 0 Å². The molecule has 0 unspecified atom stereocenters. The standard InChI is InChI=1S/C17H7F17O5/c1-4(2)6(36)37-3-5(35)38-17(33,34)39-10-14(27,28)7(18)11(21,22)8(19,15(10,29)30)13(25,26)9(20,12(7,23)24)16(10,31)32/h1,3H2,2H3. The second kappa shape index (κ2) is 7.20. The van der Waals surface area contributed by atoms with Crippen LogP contribution in [0.2, 0.25) is 0 Å². The van der Waals surface area contributed by atoms with Gasteiger partial charge in [-0.1, -0.05) is 6.58 Å². The maximum Gasteiger partial charge on any atom is 0.538 e. The van der Waals surface area contributed by atoms with E-state index in [1.54, 1.807) is 0 Å². The molecule has 5 nitrogen and oxygen atoms in total. The monoisotopic (exact) mass is 614 g/mol. The minimum Gasteiger partial charge on any atom is -0.450 e. The lowest BCUT2D eigenvalue weighted by atomic mass is 9.40. The van der Waals surface area contributed by atoms with Crippen molar-refractivity contribution in [3.63, 3.8) is 0 Å². The molecule has 22 heteroatoms. The molecule has 4 fully saturated rings. The molecule has 0 aromatic carbocycles. The number of hydrogen-bond donors (Lipinski definition) is 0. The molecule has 0 spiro atoms. The van der Waals surface area contributed by atoms with Crippen molar-refractivity contribution in [2.75, 3.05) is 6.61 Å². The molecule has 4 aliphatic carbocycles. The molecular formula is C17H7F17O5. The molecule has 39 heavy (non-hydrogen) atoms. The van der Waals surface area contributed by atoms with Crippen LogP contribution in [-0.4, -0.2) is 83.0 Å². The topological polar surface area (TPSA) is 61.8 Å². The fourth-order valence-electron chi connectivity index (χ4n) is 4.61. The second-order valence-electron chi connectivity index (χ2n) is 8.50. The fraction of sp³-hybridized carbons (Fsp3) is 0.765. The van der Waals surface area contributed by atoms with Crippen molar-refractivity contribution < 1.29 is 98.4 Å². The van der Waals surface area contributed by atoms with Gasteiger partial charge in [0.2, 0.25) is 0 Å². The second-order valence-corrected chi connectivity index (χ2v) is 8.50. The van der Waals surface area contributed by atoms with Gasteiger partial charge in [0.15, 0.2) is 6.61 Å². The average molecular weight is 614 g/mol. The van der Waals surface area contributed by atoms with Crippen LogP contribution >= 0.6 is 0 Å². The number of ether oxygens (including phenoxy) is 3. The summed E-state index contributed by atoms with van der Waals surface area (Å²) in [5.41, 5.74) is -33.2. The minimum absolute atomic E-state index is 0.587. The molecule has 4 bridgehead atoms. The van der Waals surface area contributed by atoms with Crippen LogP contribution in [-0.2, 0) is 23.8 Å². The first-order chi connectivity index (χ1) is 16.9. The molecule has 4 saturated carbocycles. The van der Waals surface area contributed by atoms with Gasteiger partial charge in [0, 0.05) is 5.57 Å². The van der Waals surface area contributed by atoms with Crippen molar-refractivity contribution in [3.05, 3.63) is 12.2 Å². The lowest BCUT2D eigenvalue weighted by molar-refractivity contribution is -0.637. The third kappa shape index (κ3) is 2.52. The van der Waals surface area contributed by atoms with Gasteiger partial charge in [0.1, 0.15) is 0 Å². The Morgan fingerprint density at radius 2 is 0.949 bits per heavy atom. The Balaban J connectivity index is 2.31. The molecule has 0 saturated heterocycles. The van der Waals surface area contributed by atoms with Crippen LogP contribution < -0.4 is 0 Å². The highest BCUT2D eigenvalue weighted by atomic mass is 19.3. The Kier molecular flexibility index (Phi) is 5.72. The van der Waals surface area contributed by atoms with E-state index in [4.69, 9.17) is 0 Å². The first-order valence-electron chi connectivity index (χ1n) is 9.39. The average Bonchev–Trinajstić information content (AvgIpc) is 2.75. The summed E-state index contributed by atoms with van der Waals surface area (Å²) in [5, 5.41) is 0. The summed E-state index contributed by atoms with van der Waals surface area (Å²) in [7, 11) is 0. The Bertz CT molecular complexity index is 1030. The summed E-state index contributed by atoms with van der Waals surface area (Å²) >= 11 is 0. The van der Waals surface area contributed by atoms with Gasteiger partial charge in [-0.3, -0.25) is 4.74 Å². The zero-order valence-corrected chi connectivity index (χ0v) is 17.9. The zero-order chi connectivity index (χ0) is 31.1. The molecule has 0 N–H and O–H groups in total. The van der Waals surface area contributed by atoms with E-state index in [1.807, 2.05) is 0 Å². The number of hydrogen-bond acceptors (Lipinski definition) is 5. The van der Waals surface area contributed by atoms with E-state index >= 15 is 0 Å². The largest absolute Gasteiger partial charge is 0.538 e. The molecule has 224 valence electrons. The number of rotatable bonds is 6. The van der Waals surface area contributed by atoms with Crippen LogP contribution in [0.15, 0.2) is 12.2 Å². The van der Waals surface area contributed by atoms with Crippen molar-refractivity contribution in [1.29, 1.82) is 0 Å². The van der Waals surface area contributed by atoms with Crippen LogP contribution in [0.5, 0.6) is 0 Å². The van der Waals surface area contributed by atoms with E-state index in [0.717, 1.165) is 6.92 Å². The van der Waals surface area contributed by atoms with Crippen LogP contribution in [0.3, 0.4) is 0 Å². The van der Waals surface area contributed by atoms with Crippen molar-refractivity contribution in [2.45, 2.75) is 71.4 Å². The molecule has 0 heterocycles. The van der Waals surface area contributed by atoms with E-state index in [9.17, 15) is 84.2 Å². The maximum absolute atomic E-state index is 14.9. The Hall–Kier alpha value is -2.55. The van der Waals surface area contributed by atoms with E-state index < -0.39 is 88.6 Å². The summed E-state index contributed by atoms with van der Waals surface area (Å²) in [6.45, 7) is 1.64. The zero-order valence-electron chi connectivity index (χ0n) is 17.9. The number of carbonyl (C=O) groups excluding carboxylic acids is 2. The molecule has 0 aliphatic heterocycles. The van der Waals surface area contributed by atoms with E-state index in [2.05, 4.69) is 20.8 Å². The Morgan fingerprint density at radius 3 is 1.23 bits per heavy atom. The molecule has 4 rings (SSSR count). The first kappa shape index (κ1) is 31.0. The molecule has 0 aromatic heterocycles. The highest BCUT2D eigenvalue weighted by Crippen LogP contribution is 2.89. The fourth-order valence-corrected chi connectivity index (χ4v) is 4.61. The summed E-state index contributed by atoms with van der Waals surface area (Å²) in [4.78, 5) is 22.4. The van der Waals surface area contributed by atoms with Gasteiger partial charge in [-0.25, -0.2) is 22.8 Å². The molecule has 0 radical (unpaired) electrons. The summed E-state index contributed by atoms with van der Waals surface area (Å²) in [6.07, 6.45) is -6.95. The smallest absolute Gasteiger partial charge is 0.450 e. The van der Waals surface area contributed by atoms with Crippen molar-refractivity contribution in [1.82, 2.24) is 0 Å². The summed E-state index contributed by atoms with van der Waals surface area (Å²) < 4.78 is 256. The van der Waals surface area contributed by atoms with Crippen molar-refractivity contribution in [2.24, 2.45) is 0 Å². The minimum atomic E-state index is -8.30. The molecule has 4 aliphatic rings. The predicted molar refractivity (Wildman–Crippen MR) is 81.8 cm³/mol. The first-order valence-corrected chi connectivity index (χ1v) is 9.39. The van der Waals surface area contributed by atoms with Crippen LogP contribution in [0.25, 0.3) is 0 Å². The molecule has 0 aromatic rings. The highest BCUT2D eigenvalue weighted by Gasteiger charge is 3.23. The quantitative estimate of drug-likeness (QED) is 0.184. The van der Waals surface area contributed by atoms with Crippen LogP contribution in [0.1, 0.15) is 6.92 Å². The molecular weight excluding hydrogens is 607 g/mol. The van der Waals surface area contributed by atoms with Gasteiger partial charge < -0.3 is 9.47 Å². The number of alkyl halides is 17. The normalized spacial score (nSPS) is 39.6. The van der Waals surface area contributed by atoms with E-state index in [-0.39, 0.29) is 0 Å². The summed E-state index contributed by atoms with van der Waals surface area (Å²) in [5.74, 6) is -54.0. The molecule has 0 atom stereocenters. The number of carbonyl (C=O) groups is 2. The van der Waals surface area contributed by atoms with Crippen molar-refractivity contribution >= 4 is 11.9 Å². The lowest BCUT2D eigenvalue weighted by Gasteiger charge is -2.74. The third-order valence-electron chi connectivity index (χ3n) is 6.39. The third-order valence-corrected chi connectivity index (χ3v) is 6.39. The van der Waals surface area contributed by atoms with Gasteiger partial charge >= 0.3 is 70.8 Å². The number of halogens is 17. The SMILES string of the molecule is C=C(C)C(=O)OCC(=O)OC(F)(F)OC12C(F)(F)C3(F)C(F)(F)C(F)(C(F)(F)C(F)(C3(F)F)C1(F)F)C2(F)F. The van der Waals surface area contributed by atoms with Gasteiger partial charge in [0.25, 0.3) is 5.60 Å². The Morgan fingerprint density at radius 1 is 0.641 bits per heavy atom. The van der Waals surface area contributed by atoms with Gasteiger partial charge in [-0.15, -0.1) is 8.78 Å². The molecule has 0 amide bonds. The van der Waals surface area contributed by atoms with Gasteiger partial charge in [-0.05, 0) is 6.92 Å². The van der Waals surface area contributed by atoms with Crippen molar-refractivity contribution in [3.8, 4) is 0 Å². The van der Waals surface area contributed by atoms with Crippen LogP contribution in [0.4, 0.5) is 74.6 Å². The predicted octanol–water partition coefficient (Wildman–Crippen LogP) is 4.93. The Labute approximate surface area is 201 Å². The van der Waals surface area contributed by atoms with E-state index in [1.165, 1.54) is 0 Å².